The molecule has 1 rings (SSSR count). The fraction of sp³-hybridized carbons (Fsp3) is 0.333. The van der Waals surface area contributed by atoms with Gasteiger partial charge in [0.15, 0.2) is 5.75 Å². The van der Waals surface area contributed by atoms with E-state index in [2.05, 4.69) is 11.8 Å². The van der Waals surface area contributed by atoms with Gasteiger partial charge in [0.05, 0.1) is 11.5 Å². The second kappa shape index (κ2) is 6.51. The molecule has 1 aromatic carbocycles. The van der Waals surface area contributed by atoms with Crippen LogP contribution in [0.5, 0.6) is 5.75 Å². The second-order valence-corrected chi connectivity index (χ2v) is 3.29. The van der Waals surface area contributed by atoms with Crippen molar-refractivity contribution in [1.29, 1.82) is 0 Å². The third-order valence-electron chi connectivity index (χ3n) is 2.12. The van der Waals surface area contributed by atoms with Crippen LogP contribution in [0.3, 0.4) is 0 Å². The minimum Gasteiger partial charge on any atom is -0.486 e. The Bertz CT molecular complexity index is 461. The van der Waals surface area contributed by atoms with Crippen LogP contribution in [0.15, 0.2) is 18.2 Å². The van der Waals surface area contributed by atoms with Crippen molar-refractivity contribution in [1.82, 2.24) is 0 Å². The Hall–Kier alpha value is -2.06. The van der Waals surface area contributed by atoms with Crippen molar-refractivity contribution in [2.45, 2.75) is 19.9 Å². The summed E-state index contributed by atoms with van der Waals surface area (Å²) in [6.07, 6.45) is 0.548. The molecule has 0 aliphatic heterocycles. The van der Waals surface area contributed by atoms with Gasteiger partial charge >= 0.3 is 5.69 Å². The van der Waals surface area contributed by atoms with Gasteiger partial charge in [-0.1, -0.05) is 6.07 Å². The van der Waals surface area contributed by atoms with Crippen LogP contribution in [0.4, 0.5) is 5.69 Å². The first-order valence-electron chi connectivity index (χ1n) is 5.18. The molecule has 0 heterocycles. The first-order valence-corrected chi connectivity index (χ1v) is 5.18. The SMILES string of the molecule is CC#CCCOc1ccc(CN)cc1[N+](=O)[O-]. The lowest BCUT2D eigenvalue weighted by Gasteiger charge is -2.06. The zero-order chi connectivity index (χ0) is 12.7. The molecule has 0 radical (unpaired) electrons. The van der Waals surface area contributed by atoms with E-state index in [-0.39, 0.29) is 18.0 Å². The molecule has 0 bridgehead atoms. The number of hydrogen-bond donors (Lipinski definition) is 1. The predicted octanol–water partition coefficient (Wildman–Crippen LogP) is 1.85. The number of nitro groups is 1. The first-order chi connectivity index (χ1) is 8.19. The predicted molar refractivity (Wildman–Crippen MR) is 64.5 cm³/mol. The summed E-state index contributed by atoms with van der Waals surface area (Å²) in [5, 5.41) is 10.8. The zero-order valence-corrected chi connectivity index (χ0v) is 9.60. The molecule has 0 fully saturated rings. The minimum atomic E-state index is -0.472. The van der Waals surface area contributed by atoms with Crippen LogP contribution in [0, 0.1) is 22.0 Å². The van der Waals surface area contributed by atoms with Crippen molar-refractivity contribution in [2.75, 3.05) is 6.61 Å². The summed E-state index contributed by atoms with van der Waals surface area (Å²) in [7, 11) is 0. The number of hydrogen-bond acceptors (Lipinski definition) is 4. The van der Waals surface area contributed by atoms with E-state index in [0.717, 1.165) is 0 Å². The highest BCUT2D eigenvalue weighted by Crippen LogP contribution is 2.27. The van der Waals surface area contributed by atoms with E-state index in [1.807, 2.05) is 0 Å². The summed E-state index contributed by atoms with van der Waals surface area (Å²) in [6.45, 7) is 2.34. The molecule has 17 heavy (non-hydrogen) atoms. The van der Waals surface area contributed by atoms with Crippen molar-refractivity contribution in [2.24, 2.45) is 5.73 Å². The van der Waals surface area contributed by atoms with Gasteiger partial charge in [-0.3, -0.25) is 10.1 Å². The molecule has 5 nitrogen and oxygen atoms in total. The molecule has 5 heteroatoms. The normalized spacial score (nSPS) is 9.29. The van der Waals surface area contributed by atoms with Gasteiger partial charge in [0.2, 0.25) is 0 Å². The lowest BCUT2D eigenvalue weighted by atomic mass is 10.2. The summed E-state index contributed by atoms with van der Waals surface area (Å²) in [6, 6.07) is 4.72. The van der Waals surface area contributed by atoms with Crippen LogP contribution in [0.1, 0.15) is 18.9 Å². The molecule has 0 atom stereocenters. The molecule has 0 aromatic heterocycles. The number of rotatable bonds is 5. The monoisotopic (exact) mass is 234 g/mol. The molecular formula is C12H14N2O3. The van der Waals surface area contributed by atoms with Crippen molar-refractivity contribution in [3.8, 4) is 17.6 Å². The first kappa shape index (κ1) is 13.0. The van der Waals surface area contributed by atoms with E-state index in [4.69, 9.17) is 10.5 Å². The van der Waals surface area contributed by atoms with Crippen molar-refractivity contribution in [3.05, 3.63) is 33.9 Å². The van der Waals surface area contributed by atoms with Crippen LogP contribution in [0.2, 0.25) is 0 Å². The highest BCUT2D eigenvalue weighted by molar-refractivity contribution is 5.48. The fourth-order valence-corrected chi connectivity index (χ4v) is 1.29. The Morgan fingerprint density at radius 1 is 1.53 bits per heavy atom. The summed E-state index contributed by atoms with van der Waals surface area (Å²) in [5.74, 6) is 5.81. The Morgan fingerprint density at radius 2 is 2.29 bits per heavy atom. The number of nitrogens with two attached hydrogens (primary N) is 1. The van der Waals surface area contributed by atoms with E-state index in [1.54, 1.807) is 19.1 Å². The standard InChI is InChI=1S/C12H14N2O3/c1-2-3-4-7-17-12-6-5-10(9-13)8-11(12)14(15)16/h5-6,8H,4,7,9,13H2,1H3. The second-order valence-electron chi connectivity index (χ2n) is 3.29. The largest absolute Gasteiger partial charge is 0.486 e. The molecule has 0 saturated heterocycles. The van der Waals surface area contributed by atoms with Crippen LogP contribution < -0.4 is 10.5 Å². The van der Waals surface area contributed by atoms with Crippen LogP contribution >= 0.6 is 0 Å². The van der Waals surface area contributed by atoms with Gasteiger partial charge in [-0.25, -0.2) is 0 Å². The third-order valence-corrected chi connectivity index (χ3v) is 2.12. The minimum absolute atomic E-state index is 0.0580. The quantitative estimate of drug-likeness (QED) is 0.365. The molecule has 0 spiro atoms. The van der Waals surface area contributed by atoms with E-state index in [1.165, 1.54) is 6.07 Å². The molecule has 1 aromatic rings. The number of benzene rings is 1. The summed E-state index contributed by atoms with van der Waals surface area (Å²) >= 11 is 0. The summed E-state index contributed by atoms with van der Waals surface area (Å²) in [4.78, 5) is 10.4. The van der Waals surface area contributed by atoms with E-state index >= 15 is 0 Å². The Morgan fingerprint density at radius 3 is 2.88 bits per heavy atom. The number of ether oxygens (including phenoxy) is 1. The van der Waals surface area contributed by atoms with Crippen molar-refractivity contribution >= 4 is 5.69 Å². The van der Waals surface area contributed by atoms with Gasteiger partial charge in [0.25, 0.3) is 0 Å². The summed E-state index contributed by atoms with van der Waals surface area (Å²) < 4.78 is 5.32. The van der Waals surface area contributed by atoms with Crippen molar-refractivity contribution in [3.63, 3.8) is 0 Å². The molecule has 0 unspecified atom stereocenters. The van der Waals surface area contributed by atoms with Gasteiger partial charge in [0, 0.05) is 19.0 Å². The maximum atomic E-state index is 10.8. The van der Waals surface area contributed by atoms with E-state index in [0.29, 0.717) is 18.6 Å². The lowest BCUT2D eigenvalue weighted by Crippen LogP contribution is -2.02. The van der Waals surface area contributed by atoms with Gasteiger partial charge in [0.1, 0.15) is 0 Å². The zero-order valence-electron chi connectivity index (χ0n) is 9.60. The maximum absolute atomic E-state index is 10.8. The lowest BCUT2D eigenvalue weighted by molar-refractivity contribution is -0.385. The summed E-state index contributed by atoms with van der Waals surface area (Å²) in [5.41, 5.74) is 6.07. The average Bonchev–Trinajstić information content (AvgIpc) is 2.34. The fourth-order valence-electron chi connectivity index (χ4n) is 1.29. The average molecular weight is 234 g/mol. The molecule has 0 aliphatic carbocycles. The molecular weight excluding hydrogens is 220 g/mol. The van der Waals surface area contributed by atoms with Crippen LogP contribution in [-0.2, 0) is 6.54 Å². The van der Waals surface area contributed by atoms with Crippen molar-refractivity contribution < 1.29 is 9.66 Å². The Labute approximate surface area is 99.7 Å². The smallest absolute Gasteiger partial charge is 0.311 e. The van der Waals surface area contributed by atoms with Gasteiger partial charge in [-0.2, -0.15) is 0 Å². The Balaban J connectivity index is 2.82. The third kappa shape index (κ3) is 3.78. The topological polar surface area (TPSA) is 78.4 Å². The Kier molecular flexibility index (Phi) is 4.98. The molecule has 0 saturated carbocycles. The molecule has 0 amide bonds. The molecule has 90 valence electrons. The van der Waals surface area contributed by atoms with Gasteiger partial charge in [-0.05, 0) is 18.6 Å². The maximum Gasteiger partial charge on any atom is 0.311 e. The number of nitrogens with zero attached hydrogens (tertiary/aromatic N) is 1. The highest BCUT2D eigenvalue weighted by atomic mass is 16.6. The molecule has 0 aliphatic rings. The number of nitro benzene ring substituents is 1. The van der Waals surface area contributed by atoms with E-state index < -0.39 is 4.92 Å². The molecule has 2 N–H and O–H groups in total. The van der Waals surface area contributed by atoms with Crippen LogP contribution in [-0.4, -0.2) is 11.5 Å². The van der Waals surface area contributed by atoms with E-state index in [9.17, 15) is 10.1 Å². The highest BCUT2D eigenvalue weighted by Gasteiger charge is 2.15. The van der Waals surface area contributed by atoms with Gasteiger partial charge < -0.3 is 10.5 Å². The van der Waals surface area contributed by atoms with Crippen LogP contribution in [0.25, 0.3) is 0 Å². The van der Waals surface area contributed by atoms with Gasteiger partial charge in [-0.15, -0.1) is 11.8 Å².